The van der Waals surface area contributed by atoms with Crippen molar-refractivity contribution in [2.24, 2.45) is 4.99 Å². The molecule has 0 saturated heterocycles. The van der Waals surface area contributed by atoms with E-state index in [9.17, 15) is 0 Å². The summed E-state index contributed by atoms with van der Waals surface area (Å²) < 4.78 is 2.06. The molecule has 1 heterocycles. The van der Waals surface area contributed by atoms with E-state index in [1.165, 1.54) is 5.56 Å². The minimum Gasteiger partial charge on any atom is -0.355 e. The summed E-state index contributed by atoms with van der Waals surface area (Å²) in [7, 11) is 0. The van der Waals surface area contributed by atoms with Crippen LogP contribution in [0.3, 0.4) is 0 Å². The fourth-order valence-corrected chi connectivity index (χ4v) is 3.24. The fraction of sp³-hybridized carbons (Fsp3) is 0.318. The molecule has 3 aromatic rings. The van der Waals surface area contributed by atoms with Crippen LogP contribution in [-0.4, -0.2) is 27.3 Å². The number of nitrogens with zero attached hydrogens (tertiary/aromatic N) is 4. The fourth-order valence-electron chi connectivity index (χ4n) is 3.02. The summed E-state index contributed by atoms with van der Waals surface area (Å²) in [5.74, 6) is 1.74. The molecule has 30 heavy (non-hydrogen) atoms. The van der Waals surface area contributed by atoms with Gasteiger partial charge in [0.25, 0.3) is 0 Å². The third-order valence-electron chi connectivity index (χ3n) is 4.62. The predicted octanol–water partition coefficient (Wildman–Crippen LogP) is 4.61. The Morgan fingerprint density at radius 3 is 2.70 bits per heavy atom. The molecule has 0 radical (unpaired) electrons. The first-order valence-corrected chi connectivity index (χ1v) is 10.2. The number of aryl methyl sites for hydroxylation is 1. The van der Waals surface area contributed by atoms with Gasteiger partial charge in [-0.3, -0.25) is 0 Å². The van der Waals surface area contributed by atoms with Crippen LogP contribution in [0.4, 0.5) is 0 Å². The Bertz CT molecular complexity index is 928. The van der Waals surface area contributed by atoms with E-state index < -0.39 is 0 Å². The molecular formula is C22H28ClIN6. The second-order valence-corrected chi connectivity index (χ2v) is 7.23. The minimum absolute atomic E-state index is 0. The van der Waals surface area contributed by atoms with Gasteiger partial charge in [-0.1, -0.05) is 61.0 Å². The molecule has 3 rings (SSSR count). The van der Waals surface area contributed by atoms with Crippen LogP contribution in [0.2, 0.25) is 5.02 Å². The third-order valence-corrected chi connectivity index (χ3v) is 4.85. The Kier molecular flexibility index (Phi) is 10.1. The molecule has 2 N–H and O–H groups in total. The highest BCUT2D eigenvalue weighted by molar-refractivity contribution is 14.0. The first-order valence-electron chi connectivity index (χ1n) is 9.86. The Morgan fingerprint density at radius 1 is 1.17 bits per heavy atom. The average molecular weight is 539 g/mol. The Morgan fingerprint density at radius 2 is 1.97 bits per heavy atom. The molecule has 0 bridgehead atoms. The summed E-state index contributed by atoms with van der Waals surface area (Å²) >= 11 is 6.10. The number of hydrogen-bond donors (Lipinski definition) is 2. The molecule has 0 saturated carbocycles. The van der Waals surface area contributed by atoms with Crippen LogP contribution in [0.15, 0.2) is 65.9 Å². The lowest BCUT2D eigenvalue weighted by molar-refractivity contribution is 0.619. The largest absolute Gasteiger partial charge is 0.355 e. The van der Waals surface area contributed by atoms with Gasteiger partial charge in [-0.2, -0.15) is 0 Å². The van der Waals surface area contributed by atoms with Gasteiger partial charge in [0.05, 0.1) is 12.6 Å². The first kappa shape index (κ1) is 24.1. The molecule has 0 aliphatic heterocycles. The van der Waals surface area contributed by atoms with Crippen molar-refractivity contribution in [1.82, 2.24) is 25.4 Å². The quantitative estimate of drug-likeness (QED) is 0.250. The number of benzene rings is 2. The van der Waals surface area contributed by atoms with Crippen LogP contribution in [0.25, 0.3) is 0 Å². The van der Waals surface area contributed by atoms with E-state index in [1.807, 2.05) is 42.5 Å². The van der Waals surface area contributed by atoms with E-state index >= 15 is 0 Å². The van der Waals surface area contributed by atoms with Crippen molar-refractivity contribution in [2.45, 2.75) is 39.4 Å². The first-order chi connectivity index (χ1) is 14.2. The molecule has 0 spiro atoms. The molecule has 1 unspecified atom stereocenters. The molecule has 0 aliphatic rings. The van der Waals surface area contributed by atoms with Crippen molar-refractivity contribution >= 4 is 41.5 Å². The van der Waals surface area contributed by atoms with Crippen molar-refractivity contribution in [3.8, 4) is 0 Å². The predicted molar refractivity (Wildman–Crippen MR) is 133 cm³/mol. The van der Waals surface area contributed by atoms with Crippen molar-refractivity contribution in [1.29, 1.82) is 0 Å². The van der Waals surface area contributed by atoms with E-state index in [-0.39, 0.29) is 30.0 Å². The van der Waals surface area contributed by atoms with Crippen molar-refractivity contribution in [3.05, 3.63) is 82.9 Å². The highest BCUT2D eigenvalue weighted by Gasteiger charge is 2.08. The van der Waals surface area contributed by atoms with Crippen molar-refractivity contribution in [2.75, 3.05) is 6.54 Å². The molecule has 6 nitrogen and oxygen atoms in total. The van der Waals surface area contributed by atoms with Gasteiger partial charge in [0.1, 0.15) is 12.2 Å². The van der Waals surface area contributed by atoms with Gasteiger partial charge in [0, 0.05) is 24.5 Å². The minimum atomic E-state index is 0. The average Bonchev–Trinajstić information content (AvgIpc) is 3.20. The van der Waals surface area contributed by atoms with E-state index in [2.05, 4.69) is 51.4 Å². The van der Waals surface area contributed by atoms with Gasteiger partial charge < -0.3 is 15.2 Å². The molecule has 8 heteroatoms. The van der Waals surface area contributed by atoms with Crippen molar-refractivity contribution in [3.63, 3.8) is 0 Å². The number of hydrogen-bond acceptors (Lipinski definition) is 3. The standard InChI is InChI=1S/C22H27ClN6.HI/c1-3-21-28-26-16-29(21)13-12-24-22(25-15-18-8-7-11-20(23)14-18)27-17(2)19-9-5-4-6-10-19;/h4-11,14,16-17H,3,12-13,15H2,1-2H3,(H2,24,25,27);1H. The van der Waals surface area contributed by atoms with Gasteiger partial charge in [-0.15, -0.1) is 34.2 Å². The zero-order valence-electron chi connectivity index (χ0n) is 17.3. The van der Waals surface area contributed by atoms with Gasteiger partial charge >= 0.3 is 0 Å². The van der Waals surface area contributed by atoms with Crippen LogP contribution >= 0.6 is 35.6 Å². The zero-order chi connectivity index (χ0) is 20.5. The van der Waals surface area contributed by atoms with Gasteiger partial charge in [0.15, 0.2) is 5.96 Å². The van der Waals surface area contributed by atoms with E-state index in [1.54, 1.807) is 6.33 Å². The lowest BCUT2D eigenvalue weighted by Crippen LogP contribution is -2.40. The summed E-state index contributed by atoms with van der Waals surface area (Å²) in [6, 6.07) is 18.2. The number of halogens is 2. The second kappa shape index (κ2) is 12.5. The maximum atomic E-state index is 6.10. The van der Waals surface area contributed by atoms with Crippen LogP contribution in [-0.2, 0) is 19.5 Å². The topological polar surface area (TPSA) is 67.1 Å². The van der Waals surface area contributed by atoms with E-state index in [0.717, 1.165) is 35.3 Å². The monoisotopic (exact) mass is 538 g/mol. The van der Waals surface area contributed by atoms with E-state index in [4.69, 9.17) is 16.6 Å². The van der Waals surface area contributed by atoms with Crippen molar-refractivity contribution < 1.29 is 0 Å². The van der Waals surface area contributed by atoms with Crippen LogP contribution in [0.1, 0.15) is 36.8 Å². The number of aromatic nitrogens is 3. The molecule has 160 valence electrons. The molecule has 0 amide bonds. The summed E-state index contributed by atoms with van der Waals surface area (Å²) in [5.41, 5.74) is 2.27. The molecular weight excluding hydrogens is 511 g/mol. The van der Waals surface area contributed by atoms with Crippen LogP contribution < -0.4 is 10.6 Å². The SMILES string of the molecule is CCc1nncn1CCNC(=NCc1cccc(Cl)c1)NC(C)c1ccccc1.I. The van der Waals surface area contributed by atoms with Gasteiger partial charge in [-0.25, -0.2) is 4.99 Å². The molecule has 1 atom stereocenters. The second-order valence-electron chi connectivity index (χ2n) is 6.79. The molecule has 0 fully saturated rings. The van der Waals surface area contributed by atoms with E-state index in [0.29, 0.717) is 13.1 Å². The highest BCUT2D eigenvalue weighted by Crippen LogP contribution is 2.13. The Hall–Kier alpha value is -2.13. The summed E-state index contributed by atoms with van der Waals surface area (Å²) in [6.07, 6.45) is 2.63. The lowest BCUT2D eigenvalue weighted by Gasteiger charge is -2.19. The molecule has 2 aromatic carbocycles. The zero-order valence-corrected chi connectivity index (χ0v) is 20.3. The normalized spacial score (nSPS) is 12.2. The smallest absolute Gasteiger partial charge is 0.192 e. The summed E-state index contributed by atoms with van der Waals surface area (Å²) in [5, 5.41) is 15.8. The lowest BCUT2D eigenvalue weighted by atomic mass is 10.1. The van der Waals surface area contributed by atoms with Gasteiger partial charge in [-0.05, 0) is 30.2 Å². The number of rotatable bonds is 8. The number of guanidine groups is 1. The maximum Gasteiger partial charge on any atom is 0.192 e. The highest BCUT2D eigenvalue weighted by atomic mass is 127. The Balaban J connectivity index is 0.00000320. The van der Waals surface area contributed by atoms with Crippen LogP contribution in [0.5, 0.6) is 0 Å². The Labute approximate surface area is 200 Å². The molecule has 1 aromatic heterocycles. The summed E-state index contributed by atoms with van der Waals surface area (Å²) in [6.45, 7) is 6.24. The summed E-state index contributed by atoms with van der Waals surface area (Å²) in [4.78, 5) is 4.76. The van der Waals surface area contributed by atoms with Gasteiger partial charge in [0.2, 0.25) is 0 Å². The number of nitrogens with one attached hydrogen (secondary N) is 2. The third kappa shape index (κ3) is 7.28. The molecule has 0 aliphatic carbocycles. The van der Waals surface area contributed by atoms with Crippen LogP contribution in [0, 0.1) is 0 Å². The maximum absolute atomic E-state index is 6.10. The number of aliphatic imine (C=N–C) groups is 1.